The lowest BCUT2D eigenvalue weighted by molar-refractivity contribution is 0.0602. The van der Waals surface area contributed by atoms with E-state index in [9.17, 15) is 5.11 Å². The highest BCUT2D eigenvalue weighted by Crippen LogP contribution is 2.24. The van der Waals surface area contributed by atoms with Crippen LogP contribution in [0.3, 0.4) is 0 Å². The summed E-state index contributed by atoms with van der Waals surface area (Å²) in [7, 11) is 0. The van der Waals surface area contributed by atoms with Gasteiger partial charge in [-0.25, -0.2) is 0 Å². The molecule has 3 rings (SSSR count). The summed E-state index contributed by atoms with van der Waals surface area (Å²) in [5.41, 5.74) is 3.18. The maximum atomic E-state index is 10.6. The first kappa shape index (κ1) is 21.7. The van der Waals surface area contributed by atoms with Crippen molar-refractivity contribution in [3.8, 4) is 5.75 Å². The van der Waals surface area contributed by atoms with Gasteiger partial charge in [0.25, 0.3) is 0 Å². The average Bonchev–Trinajstić information content (AvgIpc) is 3.18. The van der Waals surface area contributed by atoms with E-state index in [2.05, 4.69) is 4.90 Å². The lowest BCUT2D eigenvalue weighted by Crippen LogP contribution is -2.35. The normalized spacial score (nSPS) is 12.3. The minimum atomic E-state index is -0.670. The lowest BCUT2D eigenvalue weighted by Gasteiger charge is -2.25. The SMILES string of the molecule is Cc1cccc(OCC(O)CN(Cc2ccco2)Cc2ccc(Cl)cc2Cl)c1C. The van der Waals surface area contributed by atoms with Crippen LogP contribution in [0.2, 0.25) is 10.0 Å². The number of aliphatic hydroxyl groups excluding tert-OH is 1. The van der Waals surface area contributed by atoms with Gasteiger partial charge in [-0.05, 0) is 60.9 Å². The molecule has 1 aromatic heterocycles. The molecule has 0 saturated carbocycles. The van der Waals surface area contributed by atoms with E-state index in [1.165, 1.54) is 0 Å². The van der Waals surface area contributed by atoms with E-state index in [-0.39, 0.29) is 6.61 Å². The zero-order chi connectivity index (χ0) is 20.8. The van der Waals surface area contributed by atoms with E-state index in [1.807, 2.05) is 56.3 Å². The zero-order valence-electron chi connectivity index (χ0n) is 16.6. The van der Waals surface area contributed by atoms with Crippen LogP contribution in [-0.2, 0) is 13.1 Å². The summed E-state index contributed by atoms with van der Waals surface area (Å²) < 4.78 is 11.3. The van der Waals surface area contributed by atoms with Crippen LogP contribution in [-0.4, -0.2) is 29.3 Å². The van der Waals surface area contributed by atoms with Crippen LogP contribution in [0, 0.1) is 13.8 Å². The highest BCUT2D eigenvalue weighted by molar-refractivity contribution is 6.35. The van der Waals surface area contributed by atoms with Crippen molar-refractivity contribution >= 4 is 23.2 Å². The van der Waals surface area contributed by atoms with Crippen molar-refractivity contribution in [2.24, 2.45) is 0 Å². The third-order valence-corrected chi connectivity index (χ3v) is 5.41. The standard InChI is InChI=1S/C23H25Cl2NO3/c1-16-5-3-7-23(17(16)2)29-15-20(27)13-26(14-21-6-4-10-28-21)12-18-8-9-19(24)11-22(18)25/h3-11,20,27H,12-15H2,1-2H3. The predicted octanol–water partition coefficient (Wildman–Crippen LogP) is 5.65. The Bertz CT molecular complexity index is 928. The Hall–Kier alpha value is -1.98. The minimum absolute atomic E-state index is 0.202. The third-order valence-electron chi connectivity index (χ3n) is 4.82. The van der Waals surface area contributed by atoms with Crippen molar-refractivity contribution in [3.63, 3.8) is 0 Å². The molecule has 154 valence electrons. The van der Waals surface area contributed by atoms with Crippen LogP contribution in [0.1, 0.15) is 22.5 Å². The van der Waals surface area contributed by atoms with Crippen LogP contribution >= 0.6 is 23.2 Å². The van der Waals surface area contributed by atoms with Crippen molar-refractivity contribution in [2.45, 2.75) is 33.0 Å². The van der Waals surface area contributed by atoms with E-state index in [0.717, 1.165) is 28.2 Å². The number of ether oxygens (including phenoxy) is 1. The smallest absolute Gasteiger partial charge is 0.122 e. The Balaban J connectivity index is 1.66. The van der Waals surface area contributed by atoms with Gasteiger partial charge in [0.15, 0.2) is 0 Å². The number of hydrogen-bond donors (Lipinski definition) is 1. The minimum Gasteiger partial charge on any atom is -0.491 e. The molecule has 2 aromatic carbocycles. The Kier molecular flexibility index (Phi) is 7.62. The second-order valence-electron chi connectivity index (χ2n) is 7.15. The largest absolute Gasteiger partial charge is 0.491 e. The van der Waals surface area contributed by atoms with E-state index in [4.69, 9.17) is 32.4 Å². The number of nitrogens with zero attached hydrogens (tertiary/aromatic N) is 1. The Labute approximate surface area is 181 Å². The molecule has 1 atom stereocenters. The molecule has 0 fully saturated rings. The number of benzene rings is 2. The fourth-order valence-electron chi connectivity index (χ4n) is 3.12. The van der Waals surface area contributed by atoms with Crippen LogP contribution in [0.25, 0.3) is 0 Å². The van der Waals surface area contributed by atoms with Gasteiger partial charge in [0, 0.05) is 23.1 Å². The third kappa shape index (κ3) is 6.25. The Morgan fingerprint density at radius 3 is 2.62 bits per heavy atom. The first-order chi connectivity index (χ1) is 13.9. The molecule has 0 amide bonds. The summed E-state index contributed by atoms with van der Waals surface area (Å²) in [4.78, 5) is 2.07. The summed E-state index contributed by atoms with van der Waals surface area (Å²) in [6, 6.07) is 15.1. The van der Waals surface area contributed by atoms with Gasteiger partial charge in [-0.1, -0.05) is 41.4 Å². The molecule has 0 bridgehead atoms. The number of furan rings is 1. The molecule has 3 aromatic rings. The number of halogens is 2. The topological polar surface area (TPSA) is 45.8 Å². The molecule has 29 heavy (non-hydrogen) atoms. The van der Waals surface area contributed by atoms with Gasteiger partial charge in [-0.15, -0.1) is 0 Å². The van der Waals surface area contributed by atoms with E-state index in [0.29, 0.717) is 29.7 Å². The van der Waals surface area contributed by atoms with Crippen molar-refractivity contribution in [1.82, 2.24) is 4.90 Å². The van der Waals surface area contributed by atoms with Crippen molar-refractivity contribution in [3.05, 3.63) is 87.3 Å². The molecule has 0 saturated heterocycles. The molecule has 0 aliphatic rings. The molecule has 6 heteroatoms. The number of aliphatic hydroxyl groups is 1. The highest BCUT2D eigenvalue weighted by Gasteiger charge is 2.17. The summed E-state index contributed by atoms with van der Waals surface area (Å²) >= 11 is 12.4. The molecule has 1 unspecified atom stereocenters. The summed E-state index contributed by atoms with van der Waals surface area (Å²) in [5.74, 6) is 1.61. The first-order valence-electron chi connectivity index (χ1n) is 9.48. The fraction of sp³-hybridized carbons (Fsp3) is 0.304. The van der Waals surface area contributed by atoms with Gasteiger partial charge in [-0.3, -0.25) is 4.90 Å². The fourth-order valence-corrected chi connectivity index (χ4v) is 3.58. The van der Waals surface area contributed by atoms with Gasteiger partial charge < -0.3 is 14.3 Å². The number of aryl methyl sites for hydroxylation is 1. The van der Waals surface area contributed by atoms with Gasteiger partial charge in [0.05, 0.1) is 12.8 Å². The van der Waals surface area contributed by atoms with Gasteiger partial charge >= 0.3 is 0 Å². The second-order valence-corrected chi connectivity index (χ2v) is 7.99. The predicted molar refractivity (Wildman–Crippen MR) is 117 cm³/mol. The molecule has 0 radical (unpaired) electrons. The summed E-state index contributed by atoms with van der Waals surface area (Å²) in [5, 5.41) is 11.8. The molecule has 0 aliphatic carbocycles. The lowest BCUT2D eigenvalue weighted by atomic mass is 10.1. The van der Waals surface area contributed by atoms with Crippen molar-refractivity contribution in [2.75, 3.05) is 13.2 Å². The van der Waals surface area contributed by atoms with E-state index < -0.39 is 6.10 Å². The maximum Gasteiger partial charge on any atom is 0.122 e. The highest BCUT2D eigenvalue weighted by atomic mass is 35.5. The van der Waals surface area contributed by atoms with Gasteiger partial charge in [0.1, 0.15) is 24.2 Å². The van der Waals surface area contributed by atoms with E-state index >= 15 is 0 Å². The molecule has 0 spiro atoms. The van der Waals surface area contributed by atoms with E-state index in [1.54, 1.807) is 12.3 Å². The monoisotopic (exact) mass is 433 g/mol. The maximum absolute atomic E-state index is 10.6. The van der Waals surface area contributed by atoms with Crippen LogP contribution in [0.15, 0.2) is 59.2 Å². The number of hydrogen-bond acceptors (Lipinski definition) is 4. The number of rotatable bonds is 9. The molecule has 1 heterocycles. The Morgan fingerprint density at radius 2 is 1.90 bits per heavy atom. The second kappa shape index (κ2) is 10.2. The summed E-state index contributed by atoms with van der Waals surface area (Å²) in [6.07, 6.45) is 0.971. The average molecular weight is 434 g/mol. The zero-order valence-corrected chi connectivity index (χ0v) is 18.1. The van der Waals surface area contributed by atoms with Crippen LogP contribution in [0.4, 0.5) is 0 Å². The van der Waals surface area contributed by atoms with Crippen LogP contribution < -0.4 is 4.74 Å². The van der Waals surface area contributed by atoms with Gasteiger partial charge in [-0.2, -0.15) is 0 Å². The first-order valence-corrected chi connectivity index (χ1v) is 10.2. The summed E-state index contributed by atoms with van der Waals surface area (Å²) in [6.45, 7) is 5.77. The van der Waals surface area contributed by atoms with Crippen LogP contribution in [0.5, 0.6) is 5.75 Å². The van der Waals surface area contributed by atoms with Gasteiger partial charge in [0.2, 0.25) is 0 Å². The van der Waals surface area contributed by atoms with Crippen molar-refractivity contribution in [1.29, 1.82) is 0 Å². The van der Waals surface area contributed by atoms with Crippen molar-refractivity contribution < 1.29 is 14.3 Å². The molecule has 0 aliphatic heterocycles. The molecular formula is C23H25Cl2NO3. The quantitative estimate of drug-likeness (QED) is 0.473. The Morgan fingerprint density at radius 1 is 1.07 bits per heavy atom. The molecule has 1 N–H and O–H groups in total. The molecular weight excluding hydrogens is 409 g/mol. The molecule has 4 nitrogen and oxygen atoms in total.